The van der Waals surface area contributed by atoms with Gasteiger partial charge in [-0.25, -0.2) is 4.98 Å². The van der Waals surface area contributed by atoms with Gasteiger partial charge in [0.25, 0.3) is 0 Å². The summed E-state index contributed by atoms with van der Waals surface area (Å²) in [5.74, 6) is -0.109. The molecule has 0 unspecified atom stereocenters. The fourth-order valence-electron chi connectivity index (χ4n) is 3.85. The maximum Gasteiger partial charge on any atom is 0.137 e. The van der Waals surface area contributed by atoms with Gasteiger partial charge in [-0.05, 0) is 42.9 Å². The molecule has 1 aromatic heterocycles. The second-order valence-electron chi connectivity index (χ2n) is 6.68. The van der Waals surface area contributed by atoms with Crippen LogP contribution in [-0.2, 0) is 13.0 Å². The van der Waals surface area contributed by atoms with Gasteiger partial charge in [0, 0.05) is 10.4 Å². The fraction of sp³-hybridized carbons (Fsp3) is 0.529. The van der Waals surface area contributed by atoms with Crippen LogP contribution in [0, 0.1) is 11.3 Å². The molecular weight excluding hydrogens is 330 g/mol. The smallest absolute Gasteiger partial charge is 0.137 e. The van der Waals surface area contributed by atoms with Gasteiger partial charge in [0.2, 0.25) is 0 Å². The van der Waals surface area contributed by atoms with E-state index >= 15 is 0 Å². The first-order chi connectivity index (χ1) is 11.5. The highest BCUT2D eigenvalue weighted by molar-refractivity contribution is 6.30. The van der Waals surface area contributed by atoms with E-state index in [9.17, 15) is 15.3 Å². The lowest BCUT2D eigenvalue weighted by molar-refractivity contribution is -0.143. The third-order valence-electron chi connectivity index (χ3n) is 5.44. The standard InChI is InChI=1S/C17H22ClN3O3/c18-15-3-1-13(2-4-15)7-14-5-6-16(9-22,10-23)17(14,24)8-21-12-19-11-20-21/h1-4,11-12,14,22-24H,5-10H2/t14-,17+/m1/s1. The first kappa shape index (κ1) is 17.4. The van der Waals surface area contributed by atoms with Crippen molar-refractivity contribution in [2.75, 3.05) is 13.2 Å². The van der Waals surface area contributed by atoms with E-state index in [1.807, 2.05) is 24.3 Å². The number of rotatable bonds is 6. The zero-order valence-corrected chi connectivity index (χ0v) is 14.1. The van der Waals surface area contributed by atoms with Crippen molar-refractivity contribution in [3.05, 3.63) is 47.5 Å². The van der Waals surface area contributed by atoms with Crippen LogP contribution in [0.5, 0.6) is 0 Å². The molecule has 2 atom stereocenters. The highest BCUT2D eigenvalue weighted by Crippen LogP contribution is 2.51. The second kappa shape index (κ2) is 6.80. The number of hydrogen-bond acceptors (Lipinski definition) is 5. The lowest BCUT2D eigenvalue weighted by atomic mass is 9.71. The molecule has 2 aromatic rings. The molecule has 1 heterocycles. The Hall–Kier alpha value is -1.47. The van der Waals surface area contributed by atoms with E-state index in [0.717, 1.165) is 12.0 Å². The van der Waals surface area contributed by atoms with Gasteiger partial charge in [0.1, 0.15) is 12.7 Å². The molecule has 130 valence electrons. The van der Waals surface area contributed by atoms with Crippen LogP contribution in [0.1, 0.15) is 18.4 Å². The monoisotopic (exact) mass is 351 g/mol. The Morgan fingerprint density at radius 1 is 1.21 bits per heavy atom. The minimum Gasteiger partial charge on any atom is -0.396 e. The molecule has 0 saturated heterocycles. The van der Waals surface area contributed by atoms with Crippen LogP contribution in [0.4, 0.5) is 0 Å². The predicted molar refractivity (Wildman–Crippen MR) is 89.5 cm³/mol. The van der Waals surface area contributed by atoms with Crippen LogP contribution >= 0.6 is 11.6 Å². The van der Waals surface area contributed by atoms with Gasteiger partial charge in [0.15, 0.2) is 0 Å². The summed E-state index contributed by atoms with van der Waals surface area (Å²) in [6.45, 7) is -0.357. The first-order valence-corrected chi connectivity index (χ1v) is 8.42. The Kier molecular flexibility index (Phi) is 4.92. The van der Waals surface area contributed by atoms with Crippen LogP contribution in [-0.4, -0.2) is 48.9 Å². The van der Waals surface area contributed by atoms with Gasteiger partial charge in [-0.15, -0.1) is 0 Å². The summed E-state index contributed by atoms with van der Waals surface area (Å²) in [6, 6.07) is 7.54. The van der Waals surface area contributed by atoms with Crippen LogP contribution in [0.25, 0.3) is 0 Å². The lowest BCUT2D eigenvalue weighted by Gasteiger charge is -2.43. The van der Waals surface area contributed by atoms with Gasteiger partial charge >= 0.3 is 0 Å². The number of aromatic nitrogens is 3. The molecule has 3 N–H and O–H groups in total. The number of halogens is 1. The zero-order valence-electron chi connectivity index (χ0n) is 13.3. The molecule has 3 rings (SSSR count). The molecule has 24 heavy (non-hydrogen) atoms. The van der Waals surface area contributed by atoms with Crippen LogP contribution < -0.4 is 0 Å². The summed E-state index contributed by atoms with van der Waals surface area (Å²) in [5, 5.41) is 36.1. The van der Waals surface area contributed by atoms with Crippen molar-refractivity contribution in [3.63, 3.8) is 0 Å². The van der Waals surface area contributed by atoms with Crippen molar-refractivity contribution in [2.45, 2.75) is 31.4 Å². The first-order valence-electron chi connectivity index (χ1n) is 8.04. The number of benzene rings is 1. The van der Waals surface area contributed by atoms with Gasteiger partial charge < -0.3 is 15.3 Å². The highest BCUT2D eigenvalue weighted by Gasteiger charge is 2.59. The minimum atomic E-state index is -1.27. The van der Waals surface area contributed by atoms with E-state index in [4.69, 9.17) is 11.6 Å². The van der Waals surface area contributed by atoms with E-state index in [-0.39, 0.29) is 25.7 Å². The van der Waals surface area contributed by atoms with Crippen molar-refractivity contribution >= 4 is 11.6 Å². The maximum absolute atomic E-state index is 11.5. The lowest BCUT2D eigenvalue weighted by Crippen LogP contribution is -2.55. The molecule has 0 bridgehead atoms. The molecule has 1 aliphatic rings. The van der Waals surface area contributed by atoms with E-state index in [2.05, 4.69) is 10.1 Å². The number of hydrogen-bond donors (Lipinski definition) is 3. The summed E-state index contributed by atoms with van der Waals surface area (Å²) in [5.41, 5.74) is -1.16. The Labute approximate surface area is 145 Å². The Morgan fingerprint density at radius 3 is 2.50 bits per heavy atom. The van der Waals surface area contributed by atoms with Gasteiger partial charge in [-0.3, -0.25) is 4.68 Å². The zero-order chi connectivity index (χ0) is 17.2. The summed E-state index contributed by atoms with van der Waals surface area (Å²) in [6.07, 6.45) is 4.86. The molecule has 1 aliphatic carbocycles. The third kappa shape index (κ3) is 2.95. The van der Waals surface area contributed by atoms with Crippen molar-refractivity contribution in [1.82, 2.24) is 14.8 Å². The third-order valence-corrected chi connectivity index (χ3v) is 5.69. The maximum atomic E-state index is 11.5. The molecule has 1 fully saturated rings. The SMILES string of the molecule is OCC1(CO)CC[C@H](Cc2ccc(Cl)cc2)[C@@]1(O)Cn1cncn1. The van der Waals surface area contributed by atoms with Gasteiger partial charge in [-0.1, -0.05) is 23.7 Å². The summed E-state index contributed by atoms with van der Waals surface area (Å²) in [4.78, 5) is 3.91. The molecule has 0 aliphatic heterocycles. The van der Waals surface area contributed by atoms with Crippen molar-refractivity contribution < 1.29 is 15.3 Å². The summed E-state index contributed by atoms with van der Waals surface area (Å²) >= 11 is 5.94. The Morgan fingerprint density at radius 2 is 1.92 bits per heavy atom. The Balaban J connectivity index is 1.90. The molecule has 0 radical (unpaired) electrons. The van der Waals surface area contributed by atoms with Crippen LogP contribution in [0.2, 0.25) is 5.02 Å². The molecule has 0 spiro atoms. The average Bonchev–Trinajstić information content (AvgIpc) is 3.17. The fourth-order valence-corrected chi connectivity index (χ4v) is 3.98. The predicted octanol–water partition coefficient (Wildman–Crippen LogP) is 1.29. The Bertz CT molecular complexity index is 658. The summed E-state index contributed by atoms with van der Waals surface area (Å²) in [7, 11) is 0. The van der Waals surface area contributed by atoms with Crippen LogP contribution in [0.3, 0.4) is 0 Å². The van der Waals surface area contributed by atoms with E-state index in [1.54, 1.807) is 4.68 Å². The van der Waals surface area contributed by atoms with Crippen molar-refractivity contribution in [2.24, 2.45) is 11.3 Å². The normalized spacial score (nSPS) is 25.9. The molecule has 1 aromatic carbocycles. The number of aliphatic hydroxyl groups is 3. The molecular formula is C17H22ClN3O3. The molecule has 7 heteroatoms. The highest BCUT2D eigenvalue weighted by atomic mass is 35.5. The number of aliphatic hydroxyl groups excluding tert-OH is 2. The van der Waals surface area contributed by atoms with Crippen LogP contribution in [0.15, 0.2) is 36.9 Å². The van der Waals surface area contributed by atoms with E-state index < -0.39 is 11.0 Å². The van der Waals surface area contributed by atoms with E-state index in [0.29, 0.717) is 17.9 Å². The average molecular weight is 352 g/mol. The molecule has 1 saturated carbocycles. The molecule has 0 amide bonds. The minimum absolute atomic E-state index is 0.109. The second-order valence-corrected chi connectivity index (χ2v) is 7.12. The van der Waals surface area contributed by atoms with Crippen molar-refractivity contribution in [1.29, 1.82) is 0 Å². The van der Waals surface area contributed by atoms with Gasteiger partial charge in [0.05, 0.1) is 25.4 Å². The van der Waals surface area contributed by atoms with E-state index in [1.165, 1.54) is 12.7 Å². The largest absolute Gasteiger partial charge is 0.396 e. The van der Waals surface area contributed by atoms with Crippen molar-refractivity contribution in [3.8, 4) is 0 Å². The topological polar surface area (TPSA) is 91.4 Å². The molecule has 6 nitrogen and oxygen atoms in total. The quantitative estimate of drug-likeness (QED) is 0.729. The summed E-state index contributed by atoms with van der Waals surface area (Å²) < 4.78 is 1.56. The number of nitrogens with zero attached hydrogens (tertiary/aromatic N) is 3. The van der Waals surface area contributed by atoms with Gasteiger partial charge in [-0.2, -0.15) is 5.10 Å².